The number of allylic oxidation sites excluding steroid dienone is 1. The van der Waals surface area contributed by atoms with E-state index in [1.54, 1.807) is 6.08 Å². The van der Waals surface area contributed by atoms with Crippen LogP contribution in [0.2, 0.25) is 0 Å². The van der Waals surface area contributed by atoms with E-state index in [4.69, 9.17) is 0 Å². The molecule has 0 unspecified atom stereocenters. The smallest absolute Gasteiger partial charge is 0.303 e. The second kappa shape index (κ2) is 9.92. The molecule has 0 aromatic carbocycles. The fraction of sp³-hybridized carbons (Fsp3) is 0.643. The van der Waals surface area contributed by atoms with Crippen molar-refractivity contribution in [2.24, 2.45) is 5.92 Å². The number of carbonyl (C=O) groups excluding carboxylic acids is 1. The van der Waals surface area contributed by atoms with Crippen molar-refractivity contribution < 1.29 is 14.6 Å². The Morgan fingerprint density at radius 3 is 2.82 bits per heavy atom. The minimum Gasteiger partial charge on any atom is -0.453 e. The third kappa shape index (κ3) is 9.65. The zero-order valence-corrected chi connectivity index (χ0v) is 10.9. The highest BCUT2D eigenvalue weighted by Gasteiger charge is 2.06. The molecule has 0 amide bonds. The molecule has 0 radical (unpaired) electrons. The van der Waals surface area contributed by atoms with Gasteiger partial charge in [-0.1, -0.05) is 43.8 Å². The first-order valence-corrected chi connectivity index (χ1v) is 6.04. The normalized spacial score (nSPS) is 13.9. The largest absolute Gasteiger partial charge is 0.453 e. The Labute approximate surface area is 104 Å². The van der Waals surface area contributed by atoms with Gasteiger partial charge in [0.05, 0.1) is 6.10 Å². The number of hydrogen-bond acceptors (Lipinski definition) is 3. The van der Waals surface area contributed by atoms with Gasteiger partial charge >= 0.3 is 5.97 Å². The van der Waals surface area contributed by atoms with Crippen LogP contribution in [0.5, 0.6) is 0 Å². The quantitative estimate of drug-likeness (QED) is 0.334. The number of aliphatic hydroxyl groups excluding tert-OH is 1. The van der Waals surface area contributed by atoms with Gasteiger partial charge in [-0.05, 0) is 13.3 Å². The summed E-state index contributed by atoms with van der Waals surface area (Å²) in [5, 5.41) is 9.73. The molecule has 0 rings (SSSR count). The summed E-state index contributed by atoms with van der Waals surface area (Å²) in [5.74, 6) is 5.07. The second-order valence-electron chi connectivity index (χ2n) is 3.95. The lowest BCUT2D eigenvalue weighted by Gasteiger charge is -2.08. The highest BCUT2D eigenvalue weighted by atomic mass is 16.5. The maximum Gasteiger partial charge on any atom is 0.303 e. The van der Waals surface area contributed by atoms with Gasteiger partial charge in [0.2, 0.25) is 0 Å². The van der Waals surface area contributed by atoms with Crippen molar-refractivity contribution in [3.63, 3.8) is 0 Å². The first-order chi connectivity index (χ1) is 8.07. The number of hydrogen-bond donors (Lipinski definition) is 1. The van der Waals surface area contributed by atoms with Gasteiger partial charge in [-0.2, -0.15) is 0 Å². The summed E-state index contributed by atoms with van der Waals surface area (Å²) in [7, 11) is 0. The van der Waals surface area contributed by atoms with Crippen LogP contribution in [0.15, 0.2) is 12.2 Å². The molecule has 3 nitrogen and oxygen atoms in total. The zero-order chi connectivity index (χ0) is 13.1. The molecule has 1 N–H and O–H groups in total. The van der Waals surface area contributed by atoms with Crippen molar-refractivity contribution in [1.82, 2.24) is 0 Å². The predicted octanol–water partition coefficient (Wildman–Crippen LogP) is 2.30. The zero-order valence-electron chi connectivity index (χ0n) is 10.9. The number of esters is 1. The molecule has 0 aliphatic carbocycles. The molecule has 3 heteroatoms. The molecule has 0 aromatic rings. The van der Waals surface area contributed by atoms with Gasteiger partial charge in [0.1, 0.15) is 0 Å². The fourth-order valence-electron chi connectivity index (χ4n) is 1.15. The second-order valence-corrected chi connectivity index (χ2v) is 3.95. The van der Waals surface area contributed by atoms with Gasteiger partial charge in [-0.15, -0.1) is 0 Å². The molecule has 0 saturated carbocycles. The van der Waals surface area contributed by atoms with Crippen LogP contribution in [0.4, 0.5) is 0 Å². The van der Waals surface area contributed by atoms with E-state index in [2.05, 4.69) is 23.5 Å². The molecule has 0 aromatic heterocycles. The summed E-state index contributed by atoms with van der Waals surface area (Å²) < 4.78 is 4.67. The first kappa shape index (κ1) is 15.7. The summed E-state index contributed by atoms with van der Waals surface area (Å²) in [4.78, 5) is 10.5. The van der Waals surface area contributed by atoms with Crippen LogP contribution >= 0.6 is 0 Å². The van der Waals surface area contributed by atoms with Crippen molar-refractivity contribution in [3.8, 4) is 11.8 Å². The minimum absolute atomic E-state index is 0.0892. The van der Waals surface area contributed by atoms with Gasteiger partial charge in [-0.3, -0.25) is 4.79 Å². The number of ether oxygens (including phenoxy) is 1. The fourth-order valence-corrected chi connectivity index (χ4v) is 1.15. The molecular weight excluding hydrogens is 216 g/mol. The van der Waals surface area contributed by atoms with Crippen molar-refractivity contribution >= 4 is 5.97 Å². The van der Waals surface area contributed by atoms with Gasteiger partial charge in [0.15, 0.2) is 6.61 Å². The van der Waals surface area contributed by atoms with E-state index >= 15 is 0 Å². The third-order valence-corrected chi connectivity index (χ3v) is 2.25. The molecule has 0 fully saturated rings. The molecule has 2 atom stereocenters. The summed E-state index contributed by atoms with van der Waals surface area (Å²) in [5.41, 5.74) is 0. The van der Waals surface area contributed by atoms with Gasteiger partial charge in [-0.25, -0.2) is 0 Å². The van der Waals surface area contributed by atoms with Gasteiger partial charge in [0.25, 0.3) is 0 Å². The van der Waals surface area contributed by atoms with Crippen molar-refractivity contribution in [2.45, 2.75) is 46.1 Å². The predicted molar refractivity (Wildman–Crippen MR) is 68.2 cm³/mol. The molecule has 0 aliphatic heterocycles. The lowest BCUT2D eigenvalue weighted by Crippen LogP contribution is -2.13. The van der Waals surface area contributed by atoms with Crippen LogP contribution in [0.3, 0.4) is 0 Å². The van der Waals surface area contributed by atoms with E-state index in [-0.39, 0.29) is 18.5 Å². The van der Waals surface area contributed by atoms with Crippen LogP contribution < -0.4 is 0 Å². The maximum atomic E-state index is 10.5. The SMILES string of the molecule is CCCC/C=C/[C@@H](O)[C@@H](C)C#CCOC(C)=O. The molecular formula is C14H22O3. The molecule has 0 saturated heterocycles. The standard InChI is InChI=1S/C14H22O3/c1-4-5-6-7-10-14(16)12(2)9-8-11-17-13(3)15/h7,10,12,14,16H,4-6,11H2,1-3H3/b10-7+/t12-,14+/m0/s1. The molecule has 17 heavy (non-hydrogen) atoms. The monoisotopic (exact) mass is 238 g/mol. The Bertz CT molecular complexity index is 296. The Balaban J connectivity index is 3.91. The van der Waals surface area contributed by atoms with E-state index in [1.807, 2.05) is 13.0 Å². The van der Waals surface area contributed by atoms with Gasteiger partial charge in [0, 0.05) is 12.8 Å². The van der Waals surface area contributed by atoms with E-state index in [1.165, 1.54) is 6.92 Å². The number of aliphatic hydroxyl groups is 1. The number of unbranched alkanes of at least 4 members (excludes halogenated alkanes) is 2. The summed E-state index contributed by atoms with van der Waals surface area (Å²) in [6.07, 6.45) is 6.48. The topological polar surface area (TPSA) is 46.5 Å². The van der Waals surface area contributed by atoms with E-state index in [0.29, 0.717) is 0 Å². The average molecular weight is 238 g/mol. The summed E-state index contributed by atoms with van der Waals surface area (Å²) in [6.45, 7) is 5.41. The minimum atomic E-state index is -0.559. The summed E-state index contributed by atoms with van der Waals surface area (Å²) in [6, 6.07) is 0. The third-order valence-electron chi connectivity index (χ3n) is 2.25. The lowest BCUT2D eigenvalue weighted by molar-refractivity contribution is -0.139. The number of rotatable bonds is 6. The average Bonchev–Trinajstić information content (AvgIpc) is 2.29. The highest BCUT2D eigenvalue weighted by molar-refractivity contribution is 5.66. The molecule has 0 aliphatic rings. The van der Waals surface area contributed by atoms with Crippen LogP contribution in [0.1, 0.15) is 40.0 Å². The van der Waals surface area contributed by atoms with Crippen LogP contribution in [-0.4, -0.2) is 23.8 Å². The first-order valence-electron chi connectivity index (χ1n) is 6.04. The van der Waals surface area contributed by atoms with Crippen molar-refractivity contribution in [2.75, 3.05) is 6.61 Å². The van der Waals surface area contributed by atoms with Crippen LogP contribution in [0.25, 0.3) is 0 Å². The van der Waals surface area contributed by atoms with E-state index in [0.717, 1.165) is 19.3 Å². The molecule has 0 heterocycles. The Kier molecular flexibility index (Phi) is 9.18. The lowest BCUT2D eigenvalue weighted by atomic mass is 10.0. The van der Waals surface area contributed by atoms with E-state index in [9.17, 15) is 9.90 Å². The van der Waals surface area contributed by atoms with E-state index < -0.39 is 6.10 Å². The molecule has 96 valence electrons. The highest BCUT2D eigenvalue weighted by Crippen LogP contribution is 2.04. The van der Waals surface area contributed by atoms with Crippen molar-refractivity contribution in [1.29, 1.82) is 0 Å². The van der Waals surface area contributed by atoms with Crippen molar-refractivity contribution in [3.05, 3.63) is 12.2 Å². The maximum absolute atomic E-state index is 10.5. The Morgan fingerprint density at radius 1 is 1.53 bits per heavy atom. The Morgan fingerprint density at radius 2 is 2.24 bits per heavy atom. The molecule has 0 spiro atoms. The van der Waals surface area contributed by atoms with Crippen LogP contribution in [0, 0.1) is 17.8 Å². The Hall–Kier alpha value is -1.27. The van der Waals surface area contributed by atoms with Crippen LogP contribution in [-0.2, 0) is 9.53 Å². The summed E-state index contributed by atoms with van der Waals surface area (Å²) >= 11 is 0. The number of carbonyl (C=O) groups is 1. The molecule has 0 bridgehead atoms. The van der Waals surface area contributed by atoms with Gasteiger partial charge < -0.3 is 9.84 Å².